The van der Waals surface area contributed by atoms with Crippen molar-refractivity contribution in [3.8, 4) is 0 Å². The fraction of sp³-hybridized carbons (Fsp3) is 0.600. The summed E-state index contributed by atoms with van der Waals surface area (Å²) in [6, 6.07) is 8.51. The summed E-state index contributed by atoms with van der Waals surface area (Å²) in [4.78, 5) is 26.6. The van der Waals surface area contributed by atoms with E-state index in [1.165, 1.54) is 11.1 Å². The van der Waals surface area contributed by atoms with Crippen molar-refractivity contribution < 1.29 is 9.59 Å². The van der Waals surface area contributed by atoms with Crippen LogP contribution >= 0.6 is 12.4 Å². The van der Waals surface area contributed by atoms with Crippen molar-refractivity contribution in [2.24, 2.45) is 11.7 Å². The van der Waals surface area contributed by atoms with Crippen molar-refractivity contribution in [2.45, 2.75) is 45.4 Å². The first-order chi connectivity index (χ1) is 12.0. The third kappa shape index (κ3) is 6.29. The first-order valence-electron chi connectivity index (χ1n) is 9.39. The van der Waals surface area contributed by atoms with Crippen LogP contribution in [0.25, 0.3) is 0 Å². The fourth-order valence-corrected chi connectivity index (χ4v) is 3.35. The maximum atomic E-state index is 12.7. The van der Waals surface area contributed by atoms with E-state index in [1.54, 1.807) is 0 Å². The lowest BCUT2D eigenvalue weighted by Crippen LogP contribution is -2.46. The van der Waals surface area contributed by atoms with E-state index in [0.717, 1.165) is 25.8 Å². The van der Waals surface area contributed by atoms with Crippen LogP contribution in [0.5, 0.6) is 0 Å². The predicted molar refractivity (Wildman–Crippen MR) is 107 cm³/mol. The van der Waals surface area contributed by atoms with Gasteiger partial charge in [0.25, 0.3) is 0 Å². The number of likely N-dealkylation sites (tertiary alicyclic amines) is 1. The Morgan fingerprint density at radius 1 is 1.31 bits per heavy atom. The van der Waals surface area contributed by atoms with Crippen molar-refractivity contribution in [2.75, 3.05) is 26.2 Å². The van der Waals surface area contributed by atoms with Gasteiger partial charge in [0.1, 0.15) is 0 Å². The van der Waals surface area contributed by atoms with Gasteiger partial charge in [-0.25, -0.2) is 0 Å². The van der Waals surface area contributed by atoms with Gasteiger partial charge in [-0.2, -0.15) is 0 Å². The molecule has 146 valence electrons. The lowest BCUT2D eigenvalue weighted by atomic mass is 9.93. The van der Waals surface area contributed by atoms with Gasteiger partial charge in [-0.05, 0) is 36.3 Å². The van der Waals surface area contributed by atoms with Crippen LogP contribution in [-0.4, -0.2) is 42.9 Å². The number of hydrogen-bond acceptors (Lipinski definition) is 3. The zero-order chi connectivity index (χ0) is 18.2. The number of rotatable bonds is 7. The van der Waals surface area contributed by atoms with Crippen molar-refractivity contribution in [1.29, 1.82) is 0 Å². The normalized spacial score (nSPS) is 18.0. The molecule has 0 saturated carbocycles. The number of hydrogen-bond donors (Lipinski definition) is 2. The number of nitrogens with zero attached hydrogens (tertiary/aromatic N) is 1. The van der Waals surface area contributed by atoms with E-state index in [1.807, 2.05) is 4.90 Å². The Kier molecular flexibility index (Phi) is 9.66. The highest BCUT2D eigenvalue weighted by Crippen LogP contribution is 2.23. The van der Waals surface area contributed by atoms with E-state index >= 15 is 0 Å². The molecule has 1 fully saturated rings. The van der Waals surface area contributed by atoms with Crippen molar-refractivity contribution >= 4 is 24.2 Å². The highest BCUT2D eigenvalue weighted by molar-refractivity contribution is 5.85. The average Bonchev–Trinajstić information content (AvgIpc) is 2.66. The SMILES string of the molecule is CCc1ccc(C(C)CC(=O)N2CCCC(C(=O)NCCN)C2)cc1.Cl. The first kappa shape index (κ1) is 22.5. The predicted octanol–water partition coefficient (Wildman–Crippen LogP) is 2.48. The van der Waals surface area contributed by atoms with Crippen molar-refractivity contribution in [3.05, 3.63) is 35.4 Å². The quantitative estimate of drug-likeness (QED) is 0.761. The van der Waals surface area contributed by atoms with Crippen LogP contribution in [0.2, 0.25) is 0 Å². The van der Waals surface area contributed by atoms with Crippen LogP contribution in [0.3, 0.4) is 0 Å². The molecule has 0 aliphatic carbocycles. The minimum Gasteiger partial charge on any atom is -0.355 e. The zero-order valence-corrected chi connectivity index (χ0v) is 16.7. The fourth-order valence-electron chi connectivity index (χ4n) is 3.35. The summed E-state index contributed by atoms with van der Waals surface area (Å²) < 4.78 is 0. The minimum absolute atomic E-state index is 0. The molecule has 0 spiro atoms. The van der Waals surface area contributed by atoms with Crippen LogP contribution in [0, 0.1) is 5.92 Å². The summed E-state index contributed by atoms with van der Waals surface area (Å²) in [5.74, 6) is 0.239. The molecule has 5 nitrogen and oxygen atoms in total. The van der Waals surface area contributed by atoms with E-state index in [0.29, 0.717) is 26.1 Å². The molecule has 2 rings (SSSR count). The molecule has 1 aliphatic heterocycles. The molecule has 0 aromatic heterocycles. The maximum Gasteiger partial charge on any atom is 0.224 e. The van der Waals surface area contributed by atoms with Gasteiger partial charge >= 0.3 is 0 Å². The minimum atomic E-state index is -0.108. The van der Waals surface area contributed by atoms with Gasteiger partial charge in [-0.15, -0.1) is 12.4 Å². The standard InChI is InChI=1S/C20H31N3O2.ClH/c1-3-16-6-8-17(9-7-16)15(2)13-19(24)23-12-4-5-18(14-23)20(25)22-11-10-21;/h6-9,15,18H,3-5,10-14,21H2,1-2H3,(H,22,25);1H. The molecule has 1 aromatic rings. The molecular formula is C20H32ClN3O2. The van der Waals surface area contributed by atoms with Crippen LogP contribution in [0.4, 0.5) is 0 Å². The third-order valence-electron chi connectivity index (χ3n) is 5.03. The summed E-state index contributed by atoms with van der Waals surface area (Å²) in [6.45, 7) is 6.44. The van der Waals surface area contributed by atoms with E-state index in [2.05, 4.69) is 43.4 Å². The number of benzene rings is 1. The molecule has 26 heavy (non-hydrogen) atoms. The Morgan fingerprint density at radius 2 is 2.00 bits per heavy atom. The lowest BCUT2D eigenvalue weighted by molar-refractivity contribution is -0.136. The average molecular weight is 382 g/mol. The molecule has 2 unspecified atom stereocenters. The molecule has 2 atom stereocenters. The van der Waals surface area contributed by atoms with Crippen molar-refractivity contribution in [1.82, 2.24) is 10.2 Å². The van der Waals surface area contributed by atoms with Crippen LogP contribution in [0.1, 0.15) is 50.2 Å². The van der Waals surface area contributed by atoms with E-state index in [4.69, 9.17) is 5.73 Å². The van der Waals surface area contributed by atoms with Crippen LogP contribution in [-0.2, 0) is 16.0 Å². The number of amides is 2. The molecular weight excluding hydrogens is 350 g/mol. The molecule has 1 aliphatic rings. The van der Waals surface area contributed by atoms with Gasteiger partial charge in [-0.3, -0.25) is 9.59 Å². The first-order valence-corrected chi connectivity index (χ1v) is 9.39. The van der Waals surface area contributed by atoms with Gasteiger partial charge in [0.05, 0.1) is 5.92 Å². The molecule has 2 amide bonds. The number of halogens is 1. The Hall–Kier alpha value is -1.59. The Labute approximate surface area is 163 Å². The van der Waals surface area contributed by atoms with Gasteiger partial charge in [0.2, 0.25) is 11.8 Å². The van der Waals surface area contributed by atoms with E-state index < -0.39 is 0 Å². The van der Waals surface area contributed by atoms with E-state index in [-0.39, 0.29) is 36.1 Å². The lowest BCUT2D eigenvalue weighted by Gasteiger charge is -2.32. The van der Waals surface area contributed by atoms with Gasteiger partial charge in [-0.1, -0.05) is 38.1 Å². The molecule has 1 saturated heterocycles. The van der Waals surface area contributed by atoms with E-state index in [9.17, 15) is 9.59 Å². The van der Waals surface area contributed by atoms with Gasteiger partial charge in [0, 0.05) is 32.6 Å². The van der Waals surface area contributed by atoms with Gasteiger partial charge in [0.15, 0.2) is 0 Å². The summed E-state index contributed by atoms with van der Waals surface area (Å²) >= 11 is 0. The third-order valence-corrected chi connectivity index (χ3v) is 5.03. The number of aryl methyl sites for hydroxylation is 1. The second-order valence-electron chi connectivity index (χ2n) is 6.96. The number of piperidine rings is 1. The number of nitrogens with one attached hydrogen (secondary N) is 1. The summed E-state index contributed by atoms with van der Waals surface area (Å²) in [5, 5.41) is 2.84. The number of carbonyl (C=O) groups excluding carboxylic acids is 2. The summed E-state index contributed by atoms with van der Waals surface area (Å²) in [6.07, 6.45) is 3.23. The topological polar surface area (TPSA) is 75.4 Å². The molecule has 1 aromatic carbocycles. The Balaban J connectivity index is 0.00000338. The van der Waals surface area contributed by atoms with Crippen LogP contribution in [0.15, 0.2) is 24.3 Å². The molecule has 6 heteroatoms. The Bertz CT molecular complexity index is 577. The second kappa shape index (κ2) is 11.2. The number of nitrogens with two attached hydrogens (primary N) is 1. The molecule has 1 heterocycles. The largest absolute Gasteiger partial charge is 0.355 e. The Morgan fingerprint density at radius 3 is 2.62 bits per heavy atom. The summed E-state index contributed by atoms with van der Waals surface area (Å²) in [5.41, 5.74) is 7.94. The molecule has 3 N–H and O–H groups in total. The second-order valence-corrected chi connectivity index (χ2v) is 6.96. The van der Waals surface area contributed by atoms with Gasteiger partial charge < -0.3 is 16.0 Å². The van der Waals surface area contributed by atoms with Crippen LogP contribution < -0.4 is 11.1 Å². The molecule has 0 radical (unpaired) electrons. The highest BCUT2D eigenvalue weighted by atomic mass is 35.5. The maximum absolute atomic E-state index is 12.7. The zero-order valence-electron chi connectivity index (χ0n) is 15.9. The summed E-state index contributed by atoms with van der Waals surface area (Å²) in [7, 11) is 0. The smallest absolute Gasteiger partial charge is 0.224 e. The molecule has 0 bridgehead atoms. The monoisotopic (exact) mass is 381 g/mol. The highest BCUT2D eigenvalue weighted by Gasteiger charge is 2.28. The van der Waals surface area contributed by atoms with Crippen molar-refractivity contribution in [3.63, 3.8) is 0 Å². The number of carbonyl (C=O) groups is 2.